The number of hydrogen-bond donors (Lipinski definition) is 3. The van der Waals surface area contributed by atoms with Crippen LogP contribution in [0, 0.1) is 0 Å². The first-order chi connectivity index (χ1) is 14.1. The Labute approximate surface area is 173 Å². The minimum absolute atomic E-state index is 0.127. The van der Waals surface area contributed by atoms with Gasteiger partial charge in [0.1, 0.15) is 5.75 Å². The molecular weight excluding hydrogens is 366 g/mol. The molecule has 7 nitrogen and oxygen atoms in total. The van der Waals surface area contributed by atoms with Gasteiger partial charge in [-0.2, -0.15) is 0 Å². The summed E-state index contributed by atoms with van der Waals surface area (Å²) in [5, 5.41) is 6.63. The van der Waals surface area contributed by atoms with Crippen LogP contribution in [0.2, 0.25) is 0 Å². The number of para-hydroxylation sites is 1. The van der Waals surface area contributed by atoms with Crippen molar-refractivity contribution in [3.63, 3.8) is 0 Å². The molecule has 0 saturated carbocycles. The van der Waals surface area contributed by atoms with Gasteiger partial charge < -0.3 is 26.0 Å². The van der Waals surface area contributed by atoms with E-state index in [2.05, 4.69) is 51.7 Å². The van der Waals surface area contributed by atoms with Gasteiger partial charge in [0.2, 0.25) is 0 Å². The van der Waals surface area contributed by atoms with Crippen LogP contribution in [0.25, 0.3) is 0 Å². The van der Waals surface area contributed by atoms with E-state index in [-0.39, 0.29) is 6.61 Å². The Morgan fingerprint density at radius 1 is 1.14 bits per heavy atom. The fourth-order valence-corrected chi connectivity index (χ4v) is 2.89. The summed E-state index contributed by atoms with van der Waals surface area (Å²) in [5.74, 6) is 0.870. The molecule has 0 bridgehead atoms. The number of benzene rings is 2. The standard InChI is InChI=1S/C22H31N5O2/c1-3-27(19-10-5-4-6-11-19)14-8-13-25-22(24-2)26-16-18-9-7-12-20(15-18)29-17-21(23)28/h4-7,9-12,15H,3,8,13-14,16-17H2,1-2H3,(H2,23,28)(H2,24,25,26). The predicted octanol–water partition coefficient (Wildman–Crippen LogP) is 2.13. The summed E-state index contributed by atoms with van der Waals surface area (Å²) in [4.78, 5) is 17.5. The molecule has 4 N–H and O–H groups in total. The van der Waals surface area contributed by atoms with Gasteiger partial charge in [0.05, 0.1) is 0 Å². The minimum Gasteiger partial charge on any atom is -0.484 e. The maximum atomic E-state index is 10.8. The Hall–Kier alpha value is -3.22. The first-order valence-corrected chi connectivity index (χ1v) is 9.87. The molecule has 7 heteroatoms. The van der Waals surface area contributed by atoms with Gasteiger partial charge in [-0.3, -0.25) is 9.79 Å². The number of nitrogens with zero attached hydrogens (tertiary/aromatic N) is 2. The SMILES string of the molecule is CCN(CCCNC(=NC)NCc1cccc(OCC(N)=O)c1)c1ccccc1. The van der Waals surface area contributed by atoms with E-state index in [0.29, 0.717) is 12.3 Å². The topological polar surface area (TPSA) is 92.0 Å². The Morgan fingerprint density at radius 2 is 1.93 bits per heavy atom. The molecule has 0 unspecified atom stereocenters. The Kier molecular flexibility index (Phi) is 9.35. The van der Waals surface area contributed by atoms with E-state index in [4.69, 9.17) is 10.5 Å². The first-order valence-electron chi connectivity index (χ1n) is 9.87. The molecule has 0 aliphatic rings. The molecule has 0 fully saturated rings. The molecule has 2 rings (SSSR count). The average molecular weight is 398 g/mol. The molecule has 0 saturated heterocycles. The fraction of sp³-hybridized carbons (Fsp3) is 0.364. The summed E-state index contributed by atoms with van der Waals surface area (Å²) in [6.45, 7) is 5.41. The maximum absolute atomic E-state index is 10.8. The Bertz CT molecular complexity index is 780. The second-order valence-electron chi connectivity index (χ2n) is 6.52. The highest BCUT2D eigenvalue weighted by molar-refractivity contribution is 5.79. The van der Waals surface area contributed by atoms with Crippen LogP contribution in [0.15, 0.2) is 59.6 Å². The fourth-order valence-electron chi connectivity index (χ4n) is 2.89. The molecule has 2 aromatic rings. The zero-order valence-electron chi connectivity index (χ0n) is 17.2. The third kappa shape index (κ3) is 8.13. The maximum Gasteiger partial charge on any atom is 0.255 e. The second kappa shape index (κ2) is 12.3. The van der Waals surface area contributed by atoms with Crippen molar-refractivity contribution in [3.05, 3.63) is 60.2 Å². The number of aliphatic imine (C=N–C) groups is 1. The highest BCUT2D eigenvalue weighted by atomic mass is 16.5. The zero-order valence-corrected chi connectivity index (χ0v) is 17.2. The lowest BCUT2D eigenvalue weighted by atomic mass is 10.2. The molecule has 0 heterocycles. The van der Waals surface area contributed by atoms with Crippen LogP contribution in [0.1, 0.15) is 18.9 Å². The number of primary amides is 1. The van der Waals surface area contributed by atoms with Gasteiger partial charge in [-0.15, -0.1) is 0 Å². The summed E-state index contributed by atoms with van der Waals surface area (Å²) in [6.07, 6.45) is 1.000. The van der Waals surface area contributed by atoms with Crippen LogP contribution in [0.4, 0.5) is 5.69 Å². The monoisotopic (exact) mass is 397 g/mol. The van der Waals surface area contributed by atoms with Gasteiger partial charge in [-0.1, -0.05) is 30.3 Å². The van der Waals surface area contributed by atoms with E-state index >= 15 is 0 Å². The minimum atomic E-state index is -0.493. The molecular formula is C22H31N5O2. The number of guanidine groups is 1. The van der Waals surface area contributed by atoms with Gasteiger partial charge in [0.15, 0.2) is 12.6 Å². The normalized spacial score (nSPS) is 11.0. The van der Waals surface area contributed by atoms with Crippen LogP contribution in [-0.2, 0) is 11.3 Å². The van der Waals surface area contributed by atoms with Gasteiger partial charge in [0, 0.05) is 38.9 Å². The lowest BCUT2D eigenvalue weighted by Gasteiger charge is -2.23. The lowest BCUT2D eigenvalue weighted by Crippen LogP contribution is -2.38. The number of anilines is 1. The van der Waals surface area contributed by atoms with E-state index in [9.17, 15) is 4.79 Å². The number of nitrogens with one attached hydrogen (secondary N) is 2. The summed E-state index contributed by atoms with van der Waals surface area (Å²) in [7, 11) is 1.75. The molecule has 1 amide bonds. The van der Waals surface area contributed by atoms with Crippen LogP contribution < -0.4 is 26.0 Å². The lowest BCUT2D eigenvalue weighted by molar-refractivity contribution is -0.119. The van der Waals surface area contributed by atoms with Crippen molar-refractivity contribution < 1.29 is 9.53 Å². The van der Waals surface area contributed by atoms with E-state index in [1.807, 2.05) is 24.3 Å². The third-order valence-electron chi connectivity index (χ3n) is 4.36. The van der Waals surface area contributed by atoms with Gasteiger partial charge in [-0.25, -0.2) is 0 Å². The van der Waals surface area contributed by atoms with Crippen LogP contribution in [-0.4, -0.2) is 45.2 Å². The van der Waals surface area contributed by atoms with E-state index in [1.54, 1.807) is 13.1 Å². The summed E-state index contributed by atoms with van der Waals surface area (Å²) in [5.41, 5.74) is 7.38. The molecule has 29 heavy (non-hydrogen) atoms. The van der Waals surface area contributed by atoms with Crippen LogP contribution >= 0.6 is 0 Å². The number of carbonyl (C=O) groups excluding carboxylic acids is 1. The zero-order chi connectivity index (χ0) is 20.9. The Balaban J connectivity index is 1.74. The summed E-state index contributed by atoms with van der Waals surface area (Å²) < 4.78 is 5.34. The molecule has 0 radical (unpaired) electrons. The molecule has 156 valence electrons. The number of carbonyl (C=O) groups is 1. The second-order valence-corrected chi connectivity index (χ2v) is 6.52. The van der Waals surface area contributed by atoms with E-state index < -0.39 is 5.91 Å². The largest absolute Gasteiger partial charge is 0.484 e. The molecule has 0 spiro atoms. The average Bonchev–Trinajstić information content (AvgIpc) is 2.75. The third-order valence-corrected chi connectivity index (χ3v) is 4.36. The van der Waals surface area contributed by atoms with Gasteiger partial charge in [-0.05, 0) is 43.2 Å². The smallest absolute Gasteiger partial charge is 0.255 e. The number of ether oxygens (including phenoxy) is 1. The first kappa shape index (κ1) is 22.1. The van der Waals surface area contributed by atoms with Crippen molar-refractivity contribution in [3.8, 4) is 5.75 Å². The summed E-state index contributed by atoms with van der Waals surface area (Å²) in [6, 6.07) is 18.0. The predicted molar refractivity (Wildman–Crippen MR) is 118 cm³/mol. The number of nitrogens with two attached hydrogens (primary N) is 1. The number of rotatable bonds is 11. The molecule has 2 aromatic carbocycles. The highest BCUT2D eigenvalue weighted by Crippen LogP contribution is 2.13. The van der Waals surface area contributed by atoms with Crippen molar-refractivity contribution in [1.29, 1.82) is 0 Å². The molecule has 0 aliphatic carbocycles. The van der Waals surface area contributed by atoms with Crippen molar-refractivity contribution in [2.45, 2.75) is 19.9 Å². The van der Waals surface area contributed by atoms with Crippen molar-refractivity contribution in [2.24, 2.45) is 10.7 Å². The molecule has 0 atom stereocenters. The summed E-state index contributed by atoms with van der Waals surface area (Å²) >= 11 is 0. The van der Waals surface area contributed by atoms with E-state index in [1.165, 1.54) is 5.69 Å². The highest BCUT2D eigenvalue weighted by Gasteiger charge is 2.04. The van der Waals surface area contributed by atoms with Crippen molar-refractivity contribution in [1.82, 2.24) is 10.6 Å². The number of amides is 1. The number of hydrogen-bond acceptors (Lipinski definition) is 4. The van der Waals surface area contributed by atoms with Crippen LogP contribution in [0.5, 0.6) is 5.75 Å². The van der Waals surface area contributed by atoms with Gasteiger partial charge >= 0.3 is 0 Å². The molecule has 0 aliphatic heterocycles. The van der Waals surface area contributed by atoms with Crippen LogP contribution in [0.3, 0.4) is 0 Å². The Morgan fingerprint density at radius 3 is 2.62 bits per heavy atom. The van der Waals surface area contributed by atoms with Gasteiger partial charge in [0.25, 0.3) is 5.91 Å². The quantitative estimate of drug-likeness (QED) is 0.307. The molecule has 0 aromatic heterocycles. The van der Waals surface area contributed by atoms with E-state index in [0.717, 1.165) is 37.6 Å². The van der Waals surface area contributed by atoms with Crippen molar-refractivity contribution >= 4 is 17.6 Å². The van der Waals surface area contributed by atoms with Crippen molar-refractivity contribution in [2.75, 3.05) is 38.2 Å².